The van der Waals surface area contributed by atoms with E-state index in [0.29, 0.717) is 32.8 Å². The number of hydrogen-bond donors (Lipinski definition) is 0. The summed E-state index contributed by atoms with van der Waals surface area (Å²) in [7, 11) is 0. The van der Waals surface area contributed by atoms with E-state index >= 15 is 0 Å². The average Bonchev–Trinajstić information content (AvgIpc) is 2.76. The van der Waals surface area contributed by atoms with E-state index in [1.165, 1.54) is 0 Å². The van der Waals surface area contributed by atoms with E-state index in [4.69, 9.17) is 4.74 Å². The van der Waals surface area contributed by atoms with Gasteiger partial charge in [-0.3, -0.25) is 9.69 Å². The van der Waals surface area contributed by atoms with Crippen LogP contribution in [0.2, 0.25) is 0 Å². The highest BCUT2D eigenvalue weighted by molar-refractivity contribution is 5.77. The van der Waals surface area contributed by atoms with Gasteiger partial charge < -0.3 is 14.5 Å². The Kier molecular flexibility index (Phi) is 4.41. The van der Waals surface area contributed by atoms with Crippen LogP contribution in [-0.2, 0) is 9.53 Å². The summed E-state index contributed by atoms with van der Waals surface area (Å²) in [5.41, 5.74) is 0. The van der Waals surface area contributed by atoms with Gasteiger partial charge in [0.25, 0.3) is 0 Å². The lowest BCUT2D eigenvalue weighted by Crippen LogP contribution is -2.51. The SMILES string of the molecule is CCOC(=O)N1CCN(CN2CCCC2=O)CC1. The molecular formula is C12H21N3O3. The number of carbonyl (C=O) groups excluding carboxylic acids is 2. The number of hydrogen-bond acceptors (Lipinski definition) is 4. The molecule has 2 heterocycles. The molecule has 0 unspecified atom stereocenters. The maximum Gasteiger partial charge on any atom is 0.409 e. The highest BCUT2D eigenvalue weighted by atomic mass is 16.6. The minimum atomic E-state index is -0.227. The summed E-state index contributed by atoms with van der Waals surface area (Å²) < 4.78 is 4.97. The molecule has 0 N–H and O–H groups in total. The summed E-state index contributed by atoms with van der Waals surface area (Å²) >= 11 is 0. The fourth-order valence-electron chi connectivity index (χ4n) is 2.38. The van der Waals surface area contributed by atoms with Gasteiger partial charge in [0.1, 0.15) is 0 Å². The molecule has 0 aliphatic carbocycles. The van der Waals surface area contributed by atoms with Crippen molar-refractivity contribution in [2.24, 2.45) is 0 Å². The second kappa shape index (κ2) is 6.04. The Bertz CT molecular complexity index is 314. The average molecular weight is 255 g/mol. The van der Waals surface area contributed by atoms with Gasteiger partial charge >= 0.3 is 6.09 Å². The molecule has 2 aliphatic rings. The van der Waals surface area contributed by atoms with Gasteiger partial charge in [0.15, 0.2) is 0 Å². The topological polar surface area (TPSA) is 53.1 Å². The van der Waals surface area contributed by atoms with Gasteiger partial charge in [-0.25, -0.2) is 4.79 Å². The first-order valence-corrected chi connectivity index (χ1v) is 6.62. The fraction of sp³-hybridized carbons (Fsp3) is 0.833. The summed E-state index contributed by atoms with van der Waals surface area (Å²) in [6, 6.07) is 0. The maximum atomic E-state index is 11.5. The van der Waals surface area contributed by atoms with Crippen molar-refractivity contribution in [2.75, 3.05) is 46.0 Å². The zero-order valence-corrected chi connectivity index (χ0v) is 10.9. The van der Waals surface area contributed by atoms with E-state index in [0.717, 1.165) is 26.1 Å². The van der Waals surface area contributed by atoms with E-state index in [9.17, 15) is 9.59 Å². The number of carbonyl (C=O) groups is 2. The quantitative estimate of drug-likeness (QED) is 0.730. The molecule has 0 bridgehead atoms. The smallest absolute Gasteiger partial charge is 0.409 e. The van der Waals surface area contributed by atoms with E-state index in [1.807, 2.05) is 11.8 Å². The summed E-state index contributed by atoms with van der Waals surface area (Å²) in [6.45, 7) is 6.79. The molecule has 0 saturated carbocycles. The molecule has 6 nitrogen and oxygen atoms in total. The van der Waals surface area contributed by atoms with Crippen molar-refractivity contribution in [3.05, 3.63) is 0 Å². The number of ether oxygens (including phenoxy) is 1. The predicted octanol–water partition coefficient (Wildman–Crippen LogP) is 0.340. The van der Waals surface area contributed by atoms with Crippen LogP contribution in [0.15, 0.2) is 0 Å². The molecule has 0 aromatic carbocycles. The minimum absolute atomic E-state index is 0.227. The van der Waals surface area contributed by atoms with Crippen LogP contribution in [0.3, 0.4) is 0 Å². The Morgan fingerprint density at radius 1 is 1.22 bits per heavy atom. The zero-order chi connectivity index (χ0) is 13.0. The van der Waals surface area contributed by atoms with Crippen LogP contribution in [-0.4, -0.2) is 72.7 Å². The third-order valence-electron chi connectivity index (χ3n) is 3.44. The predicted molar refractivity (Wildman–Crippen MR) is 66.0 cm³/mol. The van der Waals surface area contributed by atoms with Gasteiger partial charge in [0.2, 0.25) is 5.91 Å². The van der Waals surface area contributed by atoms with E-state index < -0.39 is 0 Å². The molecule has 0 aromatic rings. The van der Waals surface area contributed by atoms with Crippen LogP contribution >= 0.6 is 0 Å². The molecule has 0 radical (unpaired) electrons. The van der Waals surface area contributed by atoms with Crippen LogP contribution in [0.25, 0.3) is 0 Å². The first-order valence-electron chi connectivity index (χ1n) is 6.62. The Hall–Kier alpha value is -1.30. The van der Waals surface area contributed by atoms with Gasteiger partial charge in [0, 0.05) is 39.1 Å². The summed E-state index contributed by atoms with van der Waals surface area (Å²) in [4.78, 5) is 28.9. The van der Waals surface area contributed by atoms with Crippen molar-refractivity contribution < 1.29 is 14.3 Å². The summed E-state index contributed by atoms with van der Waals surface area (Å²) in [5.74, 6) is 0.253. The lowest BCUT2D eigenvalue weighted by molar-refractivity contribution is -0.129. The van der Waals surface area contributed by atoms with Crippen LogP contribution in [0.4, 0.5) is 4.79 Å². The third kappa shape index (κ3) is 3.13. The van der Waals surface area contributed by atoms with Crippen LogP contribution in [0, 0.1) is 0 Å². The zero-order valence-electron chi connectivity index (χ0n) is 10.9. The molecule has 2 aliphatic heterocycles. The Labute approximate surface area is 107 Å². The molecule has 2 amide bonds. The Morgan fingerprint density at radius 3 is 2.50 bits per heavy atom. The molecule has 18 heavy (non-hydrogen) atoms. The Balaban J connectivity index is 1.73. The largest absolute Gasteiger partial charge is 0.450 e. The van der Waals surface area contributed by atoms with Crippen molar-refractivity contribution >= 4 is 12.0 Å². The van der Waals surface area contributed by atoms with Crippen LogP contribution < -0.4 is 0 Å². The standard InChI is InChI=1S/C12H21N3O3/c1-2-18-12(17)14-8-6-13(7-9-14)10-15-5-3-4-11(15)16/h2-10H2,1H3. The number of likely N-dealkylation sites (tertiary alicyclic amines) is 1. The lowest BCUT2D eigenvalue weighted by atomic mass is 10.3. The van der Waals surface area contributed by atoms with Crippen molar-refractivity contribution in [1.29, 1.82) is 0 Å². The maximum absolute atomic E-state index is 11.5. The summed E-state index contributed by atoms with van der Waals surface area (Å²) in [5, 5.41) is 0. The first-order chi connectivity index (χ1) is 8.70. The normalized spacial score (nSPS) is 21.5. The molecule has 0 atom stereocenters. The molecule has 6 heteroatoms. The van der Waals surface area contributed by atoms with E-state index in [-0.39, 0.29) is 12.0 Å². The van der Waals surface area contributed by atoms with Gasteiger partial charge in [-0.05, 0) is 13.3 Å². The number of amides is 2. The highest BCUT2D eigenvalue weighted by Gasteiger charge is 2.26. The van der Waals surface area contributed by atoms with Crippen LogP contribution in [0.5, 0.6) is 0 Å². The molecule has 2 rings (SSSR count). The molecule has 0 aromatic heterocycles. The third-order valence-corrected chi connectivity index (χ3v) is 3.44. The minimum Gasteiger partial charge on any atom is -0.450 e. The van der Waals surface area contributed by atoms with Crippen molar-refractivity contribution in [1.82, 2.24) is 14.7 Å². The number of rotatable bonds is 3. The molecular weight excluding hydrogens is 234 g/mol. The molecule has 102 valence electrons. The van der Waals surface area contributed by atoms with E-state index in [2.05, 4.69) is 4.90 Å². The van der Waals surface area contributed by atoms with Gasteiger partial charge in [-0.2, -0.15) is 0 Å². The number of nitrogens with zero attached hydrogens (tertiary/aromatic N) is 3. The van der Waals surface area contributed by atoms with Gasteiger partial charge in [-0.1, -0.05) is 0 Å². The van der Waals surface area contributed by atoms with E-state index in [1.54, 1.807) is 4.90 Å². The Morgan fingerprint density at radius 2 is 1.94 bits per heavy atom. The molecule has 2 saturated heterocycles. The van der Waals surface area contributed by atoms with Crippen molar-refractivity contribution in [3.63, 3.8) is 0 Å². The van der Waals surface area contributed by atoms with Crippen molar-refractivity contribution in [2.45, 2.75) is 19.8 Å². The fourth-order valence-corrected chi connectivity index (χ4v) is 2.38. The second-order valence-electron chi connectivity index (χ2n) is 4.71. The van der Waals surface area contributed by atoms with Crippen molar-refractivity contribution in [3.8, 4) is 0 Å². The number of piperazine rings is 1. The molecule has 0 spiro atoms. The van der Waals surface area contributed by atoms with Gasteiger partial charge in [0.05, 0.1) is 13.3 Å². The second-order valence-corrected chi connectivity index (χ2v) is 4.71. The molecule has 2 fully saturated rings. The summed E-state index contributed by atoms with van der Waals surface area (Å²) in [6.07, 6.45) is 1.43. The first kappa shape index (κ1) is 13.1. The monoisotopic (exact) mass is 255 g/mol. The highest BCUT2D eigenvalue weighted by Crippen LogP contribution is 2.12. The van der Waals surface area contributed by atoms with Crippen LogP contribution in [0.1, 0.15) is 19.8 Å². The lowest BCUT2D eigenvalue weighted by Gasteiger charge is -2.35. The van der Waals surface area contributed by atoms with Gasteiger partial charge in [-0.15, -0.1) is 0 Å².